The summed E-state index contributed by atoms with van der Waals surface area (Å²) in [6.45, 7) is 0. The summed E-state index contributed by atoms with van der Waals surface area (Å²) in [4.78, 5) is 4.32. The highest BCUT2D eigenvalue weighted by atomic mass is 32.2. The molecule has 0 radical (unpaired) electrons. The van der Waals surface area contributed by atoms with Gasteiger partial charge in [-0.05, 0) is 73.1 Å². The molecule has 1 saturated heterocycles. The van der Waals surface area contributed by atoms with E-state index in [-0.39, 0.29) is 6.10 Å². The molecule has 2 aromatic carbocycles. The lowest BCUT2D eigenvalue weighted by molar-refractivity contribution is 0.189. The highest BCUT2D eigenvalue weighted by Gasteiger charge is 2.50. The fourth-order valence-corrected chi connectivity index (χ4v) is 10.3. The van der Waals surface area contributed by atoms with Gasteiger partial charge < -0.3 is 9.64 Å². The van der Waals surface area contributed by atoms with E-state index in [2.05, 4.69) is 89.5 Å². The van der Waals surface area contributed by atoms with Crippen molar-refractivity contribution in [2.45, 2.75) is 85.0 Å². The average molecular weight is 504 g/mol. The molecule has 3 heterocycles. The number of allylic oxidation sites excluding steroid dienone is 5. The van der Waals surface area contributed by atoms with E-state index in [0.29, 0.717) is 35.0 Å². The highest BCUT2D eigenvalue weighted by molar-refractivity contribution is 8.00. The van der Waals surface area contributed by atoms with Crippen LogP contribution in [0.5, 0.6) is 0 Å². The van der Waals surface area contributed by atoms with Gasteiger partial charge in [0.15, 0.2) is 0 Å². The number of fused-ring (bicyclic) bond motifs is 12. The molecule has 2 aromatic rings. The van der Waals surface area contributed by atoms with Crippen molar-refractivity contribution in [3.63, 3.8) is 0 Å². The van der Waals surface area contributed by atoms with E-state index >= 15 is 0 Å². The molecular formula is C34H33NOS. The van der Waals surface area contributed by atoms with Gasteiger partial charge in [0.2, 0.25) is 0 Å². The number of nitrogens with zero attached hydrogens (tertiary/aromatic N) is 1. The van der Waals surface area contributed by atoms with E-state index in [1.54, 1.807) is 5.56 Å². The van der Waals surface area contributed by atoms with Crippen LogP contribution in [-0.2, 0) is 4.74 Å². The average Bonchev–Trinajstić information content (AvgIpc) is 3.62. The molecule has 2 nitrogen and oxygen atoms in total. The van der Waals surface area contributed by atoms with Crippen molar-refractivity contribution in [1.29, 1.82) is 0 Å². The Hall–Kier alpha value is -2.65. The van der Waals surface area contributed by atoms with Crippen molar-refractivity contribution in [3.05, 3.63) is 100 Å². The molecule has 1 saturated carbocycles. The second kappa shape index (κ2) is 7.93. The first kappa shape index (κ1) is 21.3. The molecule has 7 aliphatic rings. The van der Waals surface area contributed by atoms with E-state index < -0.39 is 0 Å². The maximum atomic E-state index is 6.51. The summed E-state index contributed by atoms with van der Waals surface area (Å²) in [5.74, 6) is 3.43. The van der Waals surface area contributed by atoms with Crippen molar-refractivity contribution in [2.24, 2.45) is 5.92 Å². The van der Waals surface area contributed by atoms with Crippen molar-refractivity contribution in [1.82, 2.24) is 0 Å². The molecule has 3 heteroatoms. The standard InChI is InChI=1S/C34H33NOS/c1-4-12-27-20(8-1)23-17-16-22-24(18-19-30-32(22)26-10-2-5-14-29(26)36-30)33(23)35(27)28-13-7-11-25-21-9-3-6-15-31(21)37-34(25)28/h3,6-7,9,11,13-20,25-27,30,32,34H,1-2,4-5,8,10,12H2. The van der Waals surface area contributed by atoms with Gasteiger partial charge in [0.1, 0.15) is 6.10 Å². The van der Waals surface area contributed by atoms with E-state index in [9.17, 15) is 0 Å². The lowest BCUT2D eigenvalue weighted by Crippen LogP contribution is -2.40. The molecule has 7 unspecified atom stereocenters. The molecule has 0 spiro atoms. The number of anilines is 1. The van der Waals surface area contributed by atoms with Crippen LogP contribution >= 0.6 is 11.8 Å². The first-order chi connectivity index (χ1) is 18.4. The van der Waals surface area contributed by atoms with Crippen LogP contribution in [0.2, 0.25) is 0 Å². The second-order valence-corrected chi connectivity index (χ2v) is 13.2. The van der Waals surface area contributed by atoms with Gasteiger partial charge >= 0.3 is 0 Å². The van der Waals surface area contributed by atoms with Crippen molar-refractivity contribution in [2.75, 3.05) is 4.90 Å². The van der Waals surface area contributed by atoms with Gasteiger partial charge in [-0.25, -0.2) is 0 Å². The van der Waals surface area contributed by atoms with Gasteiger partial charge in [-0.3, -0.25) is 0 Å². The number of hydrogen-bond donors (Lipinski definition) is 0. The number of thioether (sulfide) groups is 1. The van der Waals surface area contributed by atoms with Gasteiger partial charge in [0.05, 0.1) is 16.7 Å². The molecule has 186 valence electrons. The molecule has 7 atom stereocenters. The van der Waals surface area contributed by atoms with Crippen LogP contribution in [0.3, 0.4) is 0 Å². The lowest BCUT2D eigenvalue weighted by Gasteiger charge is -2.39. The lowest BCUT2D eigenvalue weighted by atomic mass is 9.73. The molecule has 37 heavy (non-hydrogen) atoms. The number of rotatable bonds is 1. The Kier molecular flexibility index (Phi) is 4.56. The van der Waals surface area contributed by atoms with Gasteiger partial charge in [-0.2, -0.15) is 0 Å². The summed E-state index contributed by atoms with van der Waals surface area (Å²) in [5, 5.41) is 0.467. The SMILES string of the molecule is C1=CC2c3ccccc3SC2C(N2c3c(ccc4c3C=CC3OC5=CCCCC5C43)C3CCCCC32)=C1. The Morgan fingerprint density at radius 1 is 0.865 bits per heavy atom. The maximum Gasteiger partial charge on any atom is 0.124 e. The minimum Gasteiger partial charge on any atom is -0.490 e. The van der Waals surface area contributed by atoms with Gasteiger partial charge in [-0.1, -0.05) is 61.4 Å². The van der Waals surface area contributed by atoms with Crippen LogP contribution in [0.4, 0.5) is 5.69 Å². The minimum absolute atomic E-state index is 0.207. The largest absolute Gasteiger partial charge is 0.490 e. The summed E-state index contributed by atoms with van der Waals surface area (Å²) < 4.78 is 6.51. The summed E-state index contributed by atoms with van der Waals surface area (Å²) in [7, 11) is 0. The van der Waals surface area contributed by atoms with Gasteiger partial charge in [0.25, 0.3) is 0 Å². The molecule has 0 aromatic heterocycles. The first-order valence-electron chi connectivity index (χ1n) is 14.5. The highest BCUT2D eigenvalue weighted by Crippen LogP contribution is 2.59. The van der Waals surface area contributed by atoms with Crippen molar-refractivity contribution in [3.8, 4) is 0 Å². The molecule has 0 N–H and O–H groups in total. The normalized spacial score (nSPS) is 35.8. The van der Waals surface area contributed by atoms with Crippen LogP contribution in [0.25, 0.3) is 6.08 Å². The third kappa shape index (κ3) is 2.90. The van der Waals surface area contributed by atoms with E-state index in [0.717, 1.165) is 0 Å². The second-order valence-electron chi connectivity index (χ2n) is 12.0. The van der Waals surface area contributed by atoms with E-state index in [1.807, 2.05) is 0 Å². The summed E-state index contributed by atoms with van der Waals surface area (Å²) in [5.41, 5.74) is 9.23. The van der Waals surface area contributed by atoms with Crippen LogP contribution in [-0.4, -0.2) is 17.4 Å². The van der Waals surface area contributed by atoms with E-state index in [1.165, 1.54) is 83.7 Å². The fraction of sp³-hybridized carbons (Fsp3) is 0.412. The van der Waals surface area contributed by atoms with Crippen molar-refractivity contribution >= 4 is 23.5 Å². The monoisotopic (exact) mass is 503 g/mol. The molecule has 4 aliphatic carbocycles. The molecule has 3 aliphatic heterocycles. The molecule has 9 rings (SSSR count). The first-order valence-corrected chi connectivity index (χ1v) is 15.4. The van der Waals surface area contributed by atoms with Crippen LogP contribution in [0, 0.1) is 5.92 Å². The topological polar surface area (TPSA) is 12.5 Å². The Bertz CT molecular complexity index is 1430. The van der Waals surface area contributed by atoms with E-state index in [4.69, 9.17) is 4.74 Å². The zero-order chi connectivity index (χ0) is 24.1. The predicted octanol–water partition coefficient (Wildman–Crippen LogP) is 8.44. The Labute approximate surface area is 224 Å². The van der Waals surface area contributed by atoms with Crippen LogP contribution in [0.1, 0.15) is 85.0 Å². The molecular weight excluding hydrogens is 470 g/mol. The molecule has 0 bridgehead atoms. The molecule has 0 amide bonds. The summed E-state index contributed by atoms with van der Waals surface area (Å²) in [6.07, 6.45) is 23.7. The third-order valence-corrected chi connectivity index (χ3v) is 11.7. The zero-order valence-corrected chi connectivity index (χ0v) is 22.0. The summed E-state index contributed by atoms with van der Waals surface area (Å²) in [6, 6.07) is 14.7. The Morgan fingerprint density at radius 2 is 1.76 bits per heavy atom. The van der Waals surface area contributed by atoms with Crippen LogP contribution < -0.4 is 4.90 Å². The fourth-order valence-electron chi connectivity index (χ4n) is 8.79. The number of ether oxygens (including phenoxy) is 1. The Morgan fingerprint density at radius 3 is 2.76 bits per heavy atom. The number of benzene rings is 2. The third-order valence-electron chi connectivity index (χ3n) is 10.3. The summed E-state index contributed by atoms with van der Waals surface area (Å²) >= 11 is 2.09. The number of hydrogen-bond acceptors (Lipinski definition) is 3. The quantitative estimate of drug-likeness (QED) is 0.387. The van der Waals surface area contributed by atoms with Gasteiger partial charge in [0, 0.05) is 45.9 Å². The van der Waals surface area contributed by atoms with Crippen LogP contribution in [0.15, 0.2) is 83.1 Å². The predicted molar refractivity (Wildman–Crippen MR) is 152 cm³/mol. The maximum absolute atomic E-state index is 6.51. The van der Waals surface area contributed by atoms with Gasteiger partial charge in [-0.15, -0.1) is 11.8 Å². The minimum atomic E-state index is 0.207. The smallest absolute Gasteiger partial charge is 0.124 e. The molecule has 2 fully saturated rings. The zero-order valence-electron chi connectivity index (χ0n) is 21.2. The van der Waals surface area contributed by atoms with Crippen molar-refractivity contribution < 1.29 is 4.74 Å². The Balaban J connectivity index is 1.20.